The average molecular weight is 379 g/mol. The van der Waals surface area contributed by atoms with Crippen LogP contribution in [0.5, 0.6) is 5.75 Å². The van der Waals surface area contributed by atoms with Gasteiger partial charge in [0.05, 0.1) is 0 Å². The summed E-state index contributed by atoms with van der Waals surface area (Å²) < 4.78 is 54.6. The molecule has 2 rings (SSSR count). The fourth-order valence-corrected chi connectivity index (χ4v) is 2.14. The Morgan fingerprint density at radius 2 is 1.73 bits per heavy atom. The van der Waals surface area contributed by atoms with Gasteiger partial charge in [0.2, 0.25) is 0 Å². The summed E-state index contributed by atoms with van der Waals surface area (Å²) >= 11 is 3.10. The Morgan fingerprint density at radius 3 is 2.36 bits per heavy atom. The fourth-order valence-electron chi connectivity index (χ4n) is 1.70. The Labute approximate surface area is 132 Å². The smallest absolute Gasteiger partial charge is 0.403 e. The third-order valence-electron chi connectivity index (χ3n) is 2.65. The van der Waals surface area contributed by atoms with Crippen molar-refractivity contribution in [3.05, 3.63) is 58.3 Å². The minimum Gasteiger partial charge on any atom is -0.403 e. The number of hydrogen-bond acceptors (Lipinski definition) is 3. The summed E-state index contributed by atoms with van der Waals surface area (Å²) in [5.74, 6) is -1.94. The number of para-hydroxylation sites is 1. The van der Waals surface area contributed by atoms with E-state index in [1.54, 1.807) is 24.3 Å². The number of hydrogen-bond donors (Lipinski definition) is 2. The lowest BCUT2D eigenvalue weighted by atomic mass is 10.2. The van der Waals surface area contributed by atoms with Gasteiger partial charge in [0.15, 0.2) is 11.6 Å². The zero-order chi connectivity index (χ0) is 16.2. The highest BCUT2D eigenvalue weighted by atomic mass is 79.9. The topological polar surface area (TPSA) is 33.3 Å². The number of hydrazine groups is 1. The van der Waals surface area contributed by atoms with Crippen LogP contribution in [0.25, 0.3) is 0 Å². The van der Waals surface area contributed by atoms with Crippen LogP contribution in [0.3, 0.4) is 0 Å². The van der Waals surface area contributed by atoms with Gasteiger partial charge in [-0.3, -0.25) is 0 Å². The van der Waals surface area contributed by atoms with E-state index in [0.717, 1.165) is 11.8 Å². The maximum Gasteiger partial charge on any atom is 0.573 e. The van der Waals surface area contributed by atoms with Crippen LogP contribution in [0, 0.1) is 5.82 Å². The minimum atomic E-state index is -4.94. The van der Waals surface area contributed by atoms with Crippen LogP contribution >= 0.6 is 15.9 Å². The molecule has 3 nitrogen and oxygen atoms in total. The molecular formula is C14H11BrF4N2O. The number of rotatable bonds is 5. The van der Waals surface area contributed by atoms with Gasteiger partial charge in [-0.05, 0) is 24.3 Å². The van der Waals surface area contributed by atoms with E-state index in [1.165, 1.54) is 6.07 Å². The molecule has 0 saturated heterocycles. The second-order valence-corrected chi connectivity index (χ2v) is 5.08. The van der Waals surface area contributed by atoms with Crippen molar-refractivity contribution >= 4 is 21.6 Å². The van der Waals surface area contributed by atoms with Gasteiger partial charge in [0.25, 0.3) is 0 Å². The lowest BCUT2D eigenvalue weighted by Gasteiger charge is -2.14. The molecule has 8 heteroatoms. The molecule has 0 amide bonds. The standard InChI is InChI=1S/C14H11BrF4N2O/c15-11-6-7-12(22-14(17,18)19)13(16)10(11)8-20-21-9-4-2-1-3-5-9/h1-7,20-21H,8H2. The number of anilines is 1. The van der Waals surface area contributed by atoms with Crippen LogP contribution in [-0.2, 0) is 6.54 Å². The van der Waals surface area contributed by atoms with E-state index in [1.807, 2.05) is 6.07 Å². The molecule has 0 aliphatic rings. The average Bonchev–Trinajstić information content (AvgIpc) is 2.45. The van der Waals surface area contributed by atoms with Crippen molar-refractivity contribution in [1.29, 1.82) is 0 Å². The maximum atomic E-state index is 14.1. The third kappa shape index (κ3) is 4.60. The molecule has 0 saturated carbocycles. The number of benzene rings is 2. The van der Waals surface area contributed by atoms with E-state index in [2.05, 4.69) is 31.5 Å². The SMILES string of the molecule is Fc1c(OC(F)(F)F)ccc(Br)c1CNNc1ccccc1. The molecule has 2 aromatic carbocycles. The molecule has 0 unspecified atom stereocenters. The molecule has 0 aliphatic carbocycles. The Balaban J connectivity index is 2.08. The number of halogens is 5. The first kappa shape index (κ1) is 16.6. The Morgan fingerprint density at radius 1 is 1.05 bits per heavy atom. The predicted octanol–water partition coefficient (Wildman–Crippen LogP) is 4.60. The van der Waals surface area contributed by atoms with Crippen molar-refractivity contribution in [1.82, 2.24) is 5.43 Å². The molecule has 0 atom stereocenters. The summed E-state index contributed by atoms with van der Waals surface area (Å²) in [6.45, 7) is -0.0453. The number of nitrogens with one attached hydrogen (secondary N) is 2. The van der Waals surface area contributed by atoms with E-state index in [0.29, 0.717) is 4.47 Å². The van der Waals surface area contributed by atoms with E-state index < -0.39 is 17.9 Å². The molecule has 0 spiro atoms. The van der Waals surface area contributed by atoms with Gasteiger partial charge in [-0.1, -0.05) is 34.1 Å². The fraction of sp³-hybridized carbons (Fsp3) is 0.143. The molecule has 0 aromatic heterocycles. The quantitative estimate of drug-likeness (QED) is 0.589. The van der Waals surface area contributed by atoms with Crippen LogP contribution in [0.2, 0.25) is 0 Å². The summed E-state index contributed by atoms with van der Waals surface area (Å²) in [6.07, 6.45) is -4.94. The van der Waals surface area contributed by atoms with Crippen LogP contribution in [0.15, 0.2) is 46.9 Å². The van der Waals surface area contributed by atoms with Gasteiger partial charge < -0.3 is 10.2 Å². The molecule has 0 heterocycles. The summed E-state index contributed by atoms with van der Waals surface area (Å²) in [6, 6.07) is 11.2. The van der Waals surface area contributed by atoms with Crippen molar-refractivity contribution in [3.63, 3.8) is 0 Å². The lowest BCUT2D eigenvalue weighted by molar-refractivity contribution is -0.275. The highest BCUT2D eigenvalue weighted by molar-refractivity contribution is 9.10. The zero-order valence-electron chi connectivity index (χ0n) is 11.0. The van der Waals surface area contributed by atoms with Crippen LogP contribution in [0.1, 0.15) is 5.56 Å². The normalized spacial score (nSPS) is 11.3. The zero-order valence-corrected chi connectivity index (χ0v) is 12.6. The molecule has 22 heavy (non-hydrogen) atoms. The van der Waals surface area contributed by atoms with Crippen LogP contribution in [0.4, 0.5) is 23.2 Å². The molecule has 0 bridgehead atoms. The second-order valence-electron chi connectivity index (χ2n) is 4.23. The van der Waals surface area contributed by atoms with E-state index >= 15 is 0 Å². The Bertz CT molecular complexity index is 635. The largest absolute Gasteiger partial charge is 0.573 e. The number of alkyl halides is 3. The summed E-state index contributed by atoms with van der Waals surface area (Å²) in [4.78, 5) is 0. The molecule has 0 aliphatic heterocycles. The van der Waals surface area contributed by atoms with E-state index in [9.17, 15) is 17.6 Å². The van der Waals surface area contributed by atoms with Crippen molar-refractivity contribution in [3.8, 4) is 5.75 Å². The summed E-state index contributed by atoms with van der Waals surface area (Å²) in [5.41, 5.74) is 6.30. The first-order valence-electron chi connectivity index (χ1n) is 6.13. The van der Waals surface area contributed by atoms with Gasteiger partial charge in [0.1, 0.15) is 0 Å². The highest BCUT2D eigenvalue weighted by Crippen LogP contribution is 2.31. The molecule has 118 valence electrons. The van der Waals surface area contributed by atoms with Gasteiger partial charge in [0, 0.05) is 22.3 Å². The number of ether oxygens (including phenoxy) is 1. The van der Waals surface area contributed by atoms with Gasteiger partial charge in [-0.15, -0.1) is 13.2 Å². The highest BCUT2D eigenvalue weighted by Gasteiger charge is 2.33. The Kier molecular flexibility index (Phi) is 5.25. The van der Waals surface area contributed by atoms with Gasteiger partial charge in [-0.25, -0.2) is 9.82 Å². The van der Waals surface area contributed by atoms with E-state index in [4.69, 9.17) is 0 Å². The summed E-state index contributed by atoms with van der Waals surface area (Å²) in [5, 5.41) is 0. The third-order valence-corrected chi connectivity index (χ3v) is 3.39. The molecular weight excluding hydrogens is 368 g/mol. The second kappa shape index (κ2) is 6.97. The van der Waals surface area contributed by atoms with Crippen molar-refractivity contribution in [2.24, 2.45) is 0 Å². The first-order valence-corrected chi connectivity index (χ1v) is 6.92. The summed E-state index contributed by atoms with van der Waals surface area (Å²) in [7, 11) is 0. The van der Waals surface area contributed by atoms with E-state index in [-0.39, 0.29) is 12.1 Å². The molecule has 0 fully saturated rings. The lowest BCUT2D eigenvalue weighted by Crippen LogP contribution is -2.23. The Hall–Kier alpha value is -1.80. The molecule has 2 aromatic rings. The van der Waals surface area contributed by atoms with Crippen LogP contribution in [-0.4, -0.2) is 6.36 Å². The van der Waals surface area contributed by atoms with Gasteiger partial charge in [-0.2, -0.15) is 0 Å². The minimum absolute atomic E-state index is 0.0187. The predicted molar refractivity (Wildman–Crippen MR) is 77.7 cm³/mol. The van der Waals surface area contributed by atoms with Crippen molar-refractivity contribution in [2.45, 2.75) is 12.9 Å². The van der Waals surface area contributed by atoms with Gasteiger partial charge >= 0.3 is 6.36 Å². The molecule has 0 radical (unpaired) electrons. The maximum absolute atomic E-state index is 14.1. The molecule has 2 N–H and O–H groups in total. The monoisotopic (exact) mass is 378 g/mol. The first-order chi connectivity index (χ1) is 10.4. The van der Waals surface area contributed by atoms with Crippen molar-refractivity contribution < 1.29 is 22.3 Å². The van der Waals surface area contributed by atoms with Crippen LogP contribution < -0.4 is 15.6 Å². The van der Waals surface area contributed by atoms with Crippen molar-refractivity contribution in [2.75, 3.05) is 5.43 Å².